The van der Waals surface area contributed by atoms with Crippen molar-refractivity contribution >= 4 is 6.09 Å². The number of ether oxygens (including phenoxy) is 2. The van der Waals surface area contributed by atoms with Gasteiger partial charge >= 0.3 is 6.09 Å². The Balaban J connectivity index is 1.33. The molecule has 0 unspecified atom stereocenters. The molecule has 2 aliphatic carbocycles. The van der Waals surface area contributed by atoms with Crippen LogP contribution in [0.5, 0.6) is 11.8 Å². The zero-order chi connectivity index (χ0) is 20.3. The van der Waals surface area contributed by atoms with E-state index < -0.39 is 11.6 Å². The van der Waals surface area contributed by atoms with Crippen LogP contribution in [0.3, 0.4) is 0 Å². The van der Waals surface area contributed by atoms with E-state index in [4.69, 9.17) is 9.47 Å². The standard InChI is InChI=1S/C22H28N4O3/c1-22(2,10-7-15-8-11-23-12-9-15)26-21(27)29-18-13-24-19(17-5-6-17)20(25-18)28-14-16-3-4-16/h8-9,11-13,16-17H,3-7,10,14H2,1-2H3,(H,26,27). The van der Waals surface area contributed by atoms with Crippen molar-refractivity contribution in [2.24, 2.45) is 5.92 Å². The van der Waals surface area contributed by atoms with Crippen molar-refractivity contribution in [2.45, 2.75) is 63.8 Å². The number of amides is 1. The molecule has 29 heavy (non-hydrogen) atoms. The molecule has 2 saturated carbocycles. The molecule has 7 heteroatoms. The van der Waals surface area contributed by atoms with Crippen LogP contribution in [0.2, 0.25) is 0 Å². The van der Waals surface area contributed by atoms with E-state index in [2.05, 4.69) is 20.3 Å². The molecule has 0 bridgehead atoms. The van der Waals surface area contributed by atoms with Crippen LogP contribution in [-0.4, -0.2) is 33.2 Å². The number of nitrogens with one attached hydrogen (secondary N) is 1. The fraction of sp³-hybridized carbons (Fsp3) is 0.545. The van der Waals surface area contributed by atoms with Gasteiger partial charge in [0.2, 0.25) is 11.8 Å². The van der Waals surface area contributed by atoms with Gasteiger partial charge in [0.25, 0.3) is 0 Å². The number of pyridine rings is 1. The predicted octanol–water partition coefficient (Wildman–Crippen LogP) is 4.04. The van der Waals surface area contributed by atoms with Crippen molar-refractivity contribution in [3.63, 3.8) is 0 Å². The lowest BCUT2D eigenvalue weighted by atomic mass is 9.96. The monoisotopic (exact) mass is 396 g/mol. The number of hydrogen-bond acceptors (Lipinski definition) is 6. The quantitative estimate of drug-likeness (QED) is 0.688. The Morgan fingerprint density at radius 1 is 1.21 bits per heavy atom. The summed E-state index contributed by atoms with van der Waals surface area (Å²) in [7, 11) is 0. The minimum absolute atomic E-state index is 0.169. The summed E-state index contributed by atoms with van der Waals surface area (Å²) in [5.74, 6) is 1.73. The first-order valence-electron chi connectivity index (χ1n) is 10.4. The third-order valence-corrected chi connectivity index (χ3v) is 5.29. The van der Waals surface area contributed by atoms with Gasteiger partial charge in [0.15, 0.2) is 0 Å². The summed E-state index contributed by atoms with van der Waals surface area (Å²) in [6.45, 7) is 4.61. The molecular formula is C22H28N4O3. The second kappa shape index (κ2) is 8.35. The topological polar surface area (TPSA) is 86.2 Å². The van der Waals surface area contributed by atoms with E-state index in [1.807, 2.05) is 26.0 Å². The fourth-order valence-corrected chi connectivity index (χ4v) is 3.11. The summed E-state index contributed by atoms with van der Waals surface area (Å²) in [4.78, 5) is 25.3. The van der Waals surface area contributed by atoms with Crippen LogP contribution in [0.25, 0.3) is 0 Å². The molecule has 1 N–H and O–H groups in total. The van der Waals surface area contributed by atoms with Gasteiger partial charge < -0.3 is 14.8 Å². The average molecular weight is 396 g/mol. The van der Waals surface area contributed by atoms with Gasteiger partial charge in [-0.25, -0.2) is 9.78 Å². The summed E-state index contributed by atoms with van der Waals surface area (Å²) < 4.78 is 11.3. The SMILES string of the molecule is CC(C)(CCc1ccncc1)NC(=O)Oc1cnc(C2CC2)c(OCC2CC2)n1. The van der Waals surface area contributed by atoms with Crippen molar-refractivity contribution < 1.29 is 14.3 Å². The number of aryl methyl sites for hydroxylation is 1. The molecule has 2 aromatic heterocycles. The molecule has 2 fully saturated rings. The third-order valence-electron chi connectivity index (χ3n) is 5.29. The lowest BCUT2D eigenvalue weighted by molar-refractivity contribution is 0.183. The molecule has 0 aliphatic heterocycles. The Morgan fingerprint density at radius 2 is 1.97 bits per heavy atom. The molecular weight excluding hydrogens is 368 g/mol. The summed E-state index contributed by atoms with van der Waals surface area (Å²) in [6.07, 6.45) is 10.8. The molecule has 2 aliphatic rings. The summed E-state index contributed by atoms with van der Waals surface area (Å²) >= 11 is 0. The Bertz CT molecular complexity index is 848. The van der Waals surface area contributed by atoms with Gasteiger partial charge in [-0.15, -0.1) is 0 Å². The first kappa shape index (κ1) is 19.6. The van der Waals surface area contributed by atoms with Crippen molar-refractivity contribution in [1.29, 1.82) is 0 Å². The highest BCUT2D eigenvalue weighted by atomic mass is 16.6. The molecule has 7 nitrogen and oxygen atoms in total. The maximum Gasteiger partial charge on any atom is 0.414 e. The molecule has 2 aromatic rings. The maximum atomic E-state index is 12.4. The normalized spacial score (nSPS) is 16.3. The molecule has 0 aromatic carbocycles. The van der Waals surface area contributed by atoms with E-state index in [-0.39, 0.29) is 5.88 Å². The molecule has 0 spiro atoms. The van der Waals surface area contributed by atoms with Crippen LogP contribution < -0.4 is 14.8 Å². The first-order valence-corrected chi connectivity index (χ1v) is 10.4. The highest BCUT2D eigenvalue weighted by Gasteiger charge is 2.31. The van der Waals surface area contributed by atoms with Crippen molar-refractivity contribution in [1.82, 2.24) is 20.3 Å². The van der Waals surface area contributed by atoms with Crippen LogP contribution in [0, 0.1) is 5.92 Å². The van der Waals surface area contributed by atoms with E-state index in [9.17, 15) is 4.79 Å². The molecule has 2 heterocycles. The molecule has 154 valence electrons. The van der Waals surface area contributed by atoms with E-state index in [0.717, 1.165) is 31.4 Å². The Kier molecular flexibility index (Phi) is 5.65. The van der Waals surface area contributed by atoms with E-state index in [1.165, 1.54) is 24.6 Å². The Labute approximate surface area is 171 Å². The Hall–Kier alpha value is -2.70. The second-order valence-electron chi connectivity index (χ2n) is 8.68. The van der Waals surface area contributed by atoms with Gasteiger partial charge in [0, 0.05) is 23.9 Å². The van der Waals surface area contributed by atoms with Gasteiger partial charge in [-0.1, -0.05) is 0 Å². The zero-order valence-electron chi connectivity index (χ0n) is 17.1. The summed E-state index contributed by atoms with van der Waals surface area (Å²) in [5, 5.41) is 2.92. The number of hydrogen-bond donors (Lipinski definition) is 1. The minimum Gasteiger partial charge on any atom is -0.476 e. The fourth-order valence-electron chi connectivity index (χ4n) is 3.11. The average Bonchev–Trinajstić information content (AvgIpc) is 3.59. The van der Waals surface area contributed by atoms with Crippen LogP contribution in [0.1, 0.15) is 63.1 Å². The molecule has 0 radical (unpaired) electrons. The first-order chi connectivity index (χ1) is 14.0. The van der Waals surface area contributed by atoms with Gasteiger partial charge in [-0.05, 0) is 76.0 Å². The van der Waals surface area contributed by atoms with Crippen LogP contribution >= 0.6 is 0 Å². The number of carbonyl (C=O) groups excluding carboxylic acids is 1. The number of aromatic nitrogens is 3. The van der Waals surface area contributed by atoms with Gasteiger partial charge in [-0.2, -0.15) is 4.98 Å². The summed E-state index contributed by atoms with van der Waals surface area (Å²) in [6, 6.07) is 3.96. The number of rotatable bonds is 9. The molecule has 1 amide bonds. The highest BCUT2D eigenvalue weighted by Crippen LogP contribution is 2.43. The van der Waals surface area contributed by atoms with Crippen LogP contribution in [0.15, 0.2) is 30.7 Å². The van der Waals surface area contributed by atoms with Crippen LogP contribution in [0.4, 0.5) is 4.79 Å². The van der Waals surface area contributed by atoms with Crippen molar-refractivity contribution in [3.8, 4) is 11.8 Å². The van der Waals surface area contributed by atoms with Gasteiger partial charge in [0.05, 0.1) is 12.8 Å². The molecule has 0 atom stereocenters. The lowest BCUT2D eigenvalue weighted by Gasteiger charge is -2.25. The zero-order valence-corrected chi connectivity index (χ0v) is 17.1. The molecule has 4 rings (SSSR count). The lowest BCUT2D eigenvalue weighted by Crippen LogP contribution is -2.45. The van der Waals surface area contributed by atoms with E-state index in [0.29, 0.717) is 24.3 Å². The maximum absolute atomic E-state index is 12.4. The van der Waals surface area contributed by atoms with Crippen molar-refractivity contribution in [2.75, 3.05) is 6.61 Å². The largest absolute Gasteiger partial charge is 0.476 e. The van der Waals surface area contributed by atoms with E-state index >= 15 is 0 Å². The predicted molar refractivity (Wildman–Crippen MR) is 108 cm³/mol. The Morgan fingerprint density at radius 3 is 2.66 bits per heavy atom. The van der Waals surface area contributed by atoms with Crippen LogP contribution in [-0.2, 0) is 6.42 Å². The number of carbonyl (C=O) groups is 1. The van der Waals surface area contributed by atoms with Gasteiger partial charge in [-0.3, -0.25) is 4.98 Å². The van der Waals surface area contributed by atoms with Gasteiger partial charge in [0.1, 0.15) is 5.69 Å². The summed E-state index contributed by atoms with van der Waals surface area (Å²) in [5.41, 5.74) is 1.64. The minimum atomic E-state index is -0.536. The second-order valence-corrected chi connectivity index (χ2v) is 8.68. The smallest absolute Gasteiger partial charge is 0.414 e. The van der Waals surface area contributed by atoms with E-state index in [1.54, 1.807) is 12.4 Å². The third kappa shape index (κ3) is 5.89. The van der Waals surface area contributed by atoms with Crippen molar-refractivity contribution in [3.05, 3.63) is 42.0 Å². The number of nitrogens with zero attached hydrogens (tertiary/aromatic N) is 3. The highest BCUT2D eigenvalue weighted by molar-refractivity contribution is 5.70. The molecule has 0 saturated heterocycles.